The maximum absolute atomic E-state index is 15.4. The molecule has 5 heterocycles. The van der Waals surface area contributed by atoms with Crippen LogP contribution in [0.2, 0.25) is 0 Å². The van der Waals surface area contributed by atoms with E-state index in [-0.39, 0.29) is 23.7 Å². The van der Waals surface area contributed by atoms with Crippen LogP contribution in [0, 0.1) is 22.6 Å². The second-order valence-corrected chi connectivity index (χ2v) is 12.2. The zero-order chi connectivity index (χ0) is 28.6. The van der Waals surface area contributed by atoms with E-state index in [1.807, 2.05) is 35.9 Å². The van der Waals surface area contributed by atoms with E-state index in [1.165, 1.54) is 0 Å². The van der Waals surface area contributed by atoms with E-state index in [0.29, 0.717) is 40.8 Å². The maximum Gasteiger partial charge on any atom is 0.260 e. The average Bonchev–Trinajstić information content (AvgIpc) is 3.63. The van der Waals surface area contributed by atoms with Crippen LogP contribution < -0.4 is 4.90 Å². The molecule has 1 spiro atoms. The van der Waals surface area contributed by atoms with Gasteiger partial charge in [0.25, 0.3) is 5.91 Å². The van der Waals surface area contributed by atoms with Gasteiger partial charge in [-0.05, 0) is 65.9 Å². The van der Waals surface area contributed by atoms with E-state index in [1.54, 1.807) is 23.4 Å². The van der Waals surface area contributed by atoms with Crippen molar-refractivity contribution in [3.63, 3.8) is 0 Å². The molecule has 1 aliphatic carbocycles. The van der Waals surface area contributed by atoms with Crippen molar-refractivity contribution in [1.82, 2.24) is 24.6 Å². The molecule has 10 heteroatoms. The summed E-state index contributed by atoms with van der Waals surface area (Å²) in [7, 11) is 1.86. The molecule has 4 aliphatic rings. The zero-order valence-electron chi connectivity index (χ0n) is 23.2. The van der Waals surface area contributed by atoms with Crippen LogP contribution in [0.15, 0.2) is 48.8 Å². The van der Waals surface area contributed by atoms with Gasteiger partial charge in [0.2, 0.25) is 0 Å². The summed E-state index contributed by atoms with van der Waals surface area (Å²) in [6.07, 6.45) is 3.70. The molecule has 1 amide bonds. The average molecular weight is 562 g/mol. The Hall–Kier alpha value is -4.46. The second-order valence-electron chi connectivity index (χ2n) is 12.2. The Kier molecular flexibility index (Phi) is 5.58. The molecular weight excluding hydrogens is 533 g/mol. The molecule has 0 unspecified atom stereocenters. The fourth-order valence-electron chi connectivity index (χ4n) is 6.54. The number of pyridine rings is 1. The molecule has 1 saturated carbocycles. The van der Waals surface area contributed by atoms with Crippen LogP contribution in [0.1, 0.15) is 51.5 Å². The summed E-state index contributed by atoms with van der Waals surface area (Å²) < 4.78 is 22.6. The van der Waals surface area contributed by atoms with Crippen LogP contribution in [-0.2, 0) is 24.9 Å². The van der Waals surface area contributed by atoms with Crippen molar-refractivity contribution in [3.8, 4) is 28.6 Å². The first-order chi connectivity index (χ1) is 20.4. The number of hydrogen-bond acceptors (Lipinski definition) is 7. The Balaban J connectivity index is 1.15. The van der Waals surface area contributed by atoms with Gasteiger partial charge in [0, 0.05) is 60.4 Å². The van der Waals surface area contributed by atoms with Gasteiger partial charge in [0.15, 0.2) is 5.82 Å². The van der Waals surface area contributed by atoms with Crippen molar-refractivity contribution in [1.29, 1.82) is 5.26 Å². The standard InChI is InChI=1S/C32H28FN7O2/c1-38-18-35-37-30(38)24-6-19(11-34)2-5-23(24)22-9-28(21-3-4-21)36-29(10-22)40-13-26-25(31(40)41)7-20(8-27(26)33)12-39-14-32(15-39)16-42-17-32/h2,5-10,18,21H,3-4,12-17H2,1H3. The summed E-state index contributed by atoms with van der Waals surface area (Å²) in [4.78, 5) is 22.6. The first-order valence-corrected chi connectivity index (χ1v) is 14.2. The predicted molar refractivity (Wildman–Crippen MR) is 152 cm³/mol. The number of hydrogen-bond donors (Lipinski definition) is 0. The molecular formula is C32H28FN7O2. The van der Waals surface area contributed by atoms with Crippen molar-refractivity contribution in [2.75, 3.05) is 31.2 Å². The van der Waals surface area contributed by atoms with Crippen molar-refractivity contribution >= 4 is 11.7 Å². The minimum Gasteiger partial charge on any atom is -0.380 e. The number of nitrogens with zero attached hydrogens (tertiary/aromatic N) is 7. The third-order valence-electron chi connectivity index (χ3n) is 8.90. The highest BCUT2D eigenvalue weighted by Gasteiger charge is 2.48. The topological polar surface area (TPSA) is 100 Å². The van der Waals surface area contributed by atoms with Crippen LogP contribution in [0.25, 0.3) is 22.5 Å². The molecule has 0 bridgehead atoms. The van der Waals surface area contributed by atoms with E-state index < -0.39 is 0 Å². The normalized spacial score (nSPS) is 19.0. The summed E-state index contributed by atoms with van der Waals surface area (Å²) >= 11 is 0. The van der Waals surface area contributed by atoms with E-state index in [0.717, 1.165) is 67.1 Å². The number of carbonyl (C=O) groups is 1. The van der Waals surface area contributed by atoms with Gasteiger partial charge in [-0.2, -0.15) is 5.26 Å². The lowest BCUT2D eigenvalue weighted by molar-refractivity contribution is -0.191. The SMILES string of the molecule is Cn1cnnc1-c1cc(C#N)ccc1-c1cc(C2CC2)nc(N2Cc3c(F)cc(CN4CC5(COC5)C4)cc3C2=O)c1. The highest BCUT2D eigenvalue weighted by molar-refractivity contribution is 6.10. The number of benzene rings is 2. The van der Waals surface area contributed by atoms with Gasteiger partial charge in [-0.25, -0.2) is 9.37 Å². The number of aromatic nitrogens is 4. The molecule has 0 radical (unpaired) electrons. The molecule has 42 heavy (non-hydrogen) atoms. The van der Waals surface area contributed by atoms with Crippen LogP contribution in [0.4, 0.5) is 10.2 Å². The van der Waals surface area contributed by atoms with E-state index in [2.05, 4.69) is 27.2 Å². The van der Waals surface area contributed by atoms with Crippen LogP contribution in [-0.4, -0.2) is 56.9 Å². The number of ether oxygens (including phenoxy) is 1. The Morgan fingerprint density at radius 3 is 2.62 bits per heavy atom. The number of aryl methyl sites for hydroxylation is 1. The lowest BCUT2D eigenvalue weighted by atomic mass is 9.78. The van der Waals surface area contributed by atoms with Crippen LogP contribution in [0.5, 0.6) is 0 Å². The predicted octanol–water partition coefficient (Wildman–Crippen LogP) is 4.42. The van der Waals surface area contributed by atoms with Gasteiger partial charge in [0.05, 0.1) is 31.4 Å². The largest absolute Gasteiger partial charge is 0.380 e. The monoisotopic (exact) mass is 561 g/mol. The number of nitriles is 1. The third kappa shape index (κ3) is 4.11. The van der Waals surface area contributed by atoms with Crippen LogP contribution >= 0.6 is 0 Å². The molecule has 4 aromatic rings. The lowest BCUT2D eigenvalue weighted by Crippen LogP contribution is -2.65. The van der Waals surface area contributed by atoms with Gasteiger partial charge < -0.3 is 9.30 Å². The quantitative estimate of drug-likeness (QED) is 0.344. The number of anilines is 1. The Labute approximate surface area is 242 Å². The molecule has 3 aliphatic heterocycles. The molecule has 2 aromatic carbocycles. The molecule has 8 rings (SSSR count). The molecule has 210 valence electrons. The number of likely N-dealkylation sites (tertiary alicyclic amines) is 1. The van der Waals surface area contributed by atoms with Gasteiger partial charge in [-0.15, -0.1) is 10.2 Å². The molecule has 2 aromatic heterocycles. The lowest BCUT2D eigenvalue weighted by Gasteiger charge is -2.55. The number of amides is 1. The number of carbonyl (C=O) groups excluding carboxylic acids is 1. The second kappa shape index (κ2) is 9.28. The Bertz CT molecular complexity index is 1810. The number of halogens is 1. The van der Waals surface area contributed by atoms with Crippen molar-refractivity contribution < 1.29 is 13.9 Å². The number of fused-ring (bicyclic) bond motifs is 1. The first kappa shape index (κ1) is 25.3. The van der Waals surface area contributed by atoms with E-state index >= 15 is 4.39 Å². The smallest absolute Gasteiger partial charge is 0.260 e. The highest BCUT2D eigenvalue weighted by atomic mass is 19.1. The summed E-state index contributed by atoms with van der Waals surface area (Å²) in [6.45, 7) is 4.23. The fourth-order valence-corrected chi connectivity index (χ4v) is 6.54. The van der Waals surface area contributed by atoms with Crippen molar-refractivity contribution in [2.24, 2.45) is 12.5 Å². The summed E-state index contributed by atoms with van der Waals surface area (Å²) in [6, 6.07) is 15.1. The summed E-state index contributed by atoms with van der Waals surface area (Å²) in [5.74, 6) is 0.864. The summed E-state index contributed by atoms with van der Waals surface area (Å²) in [5, 5.41) is 17.9. The molecule has 9 nitrogen and oxygen atoms in total. The fraction of sp³-hybridized carbons (Fsp3) is 0.344. The Morgan fingerprint density at radius 2 is 1.93 bits per heavy atom. The highest BCUT2D eigenvalue weighted by Crippen LogP contribution is 2.44. The van der Waals surface area contributed by atoms with Gasteiger partial charge in [0.1, 0.15) is 18.0 Å². The first-order valence-electron chi connectivity index (χ1n) is 14.2. The third-order valence-corrected chi connectivity index (χ3v) is 8.90. The van der Waals surface area contributed by atoms with Gasteiger partial charge in [-0.3, -0.25) is 14.6 Å². The number of rotatable bonds is 6. The molecule has 0 N–H and O–H groups in total. The van der Waals surface area contributed by atoms with E-state index in [9.17, 15) is 10.1 Å². The van der Waals surface area contributed by atoms with Gasteiger partial charge in [-0.1, -0.05) is 6.07 Å². The zero-order valence-corrected chi connectivity index (χ0v) is 23.2. The minimum absolute atomic E-state index is 0.133. The Morgan fingerprint density at radius 1 is 1.10 bits per heavy atom. The molecule has 3 fully saturated rings. The molecule has 2 saturated heterocycles. The summed E-state index contributed by atoms with van der Waals surface area (Å²) in [5.41, 5.74) is 5.81. The van der Waals surface area contributed by atoms with Gasteiger partial charge >= 0.3 is 0 Å². The maximum atomic E-state index is 15.4. The van der Waals surface area contributed by atoms with Crippen LogP contribution in [0.3, 0.4) is 0 Å². The minimum atomic E-state index is -0.351. The van der Waals surface area contributed by atoms with Crippen molar-refractivity contribution in [3.05, 3.63) is 82.6 Å². The van der Waals surface area contributed by atoms with Crippen molar-refractivity contribution in [2.45, 2.75) is 31.8 Å². The molecule has 0 atom stereocenters. The van der Waals surface area contributed by atoms with E-state index in [4.69, 9.17) is 9.72 Å².